The zero-order chi connectivity index (χ0) is 15.9. The van der Waals surface area contributed by atoms with Gasteiger partial charge < -0.3 is 0 Å². The van der Waals surface area contributed by atoms with Gasteiger partial charge in [0.25, 0.3) is 0 Å². The van der Waals surface area contributed by atoms with E-state index in [1.165, 1.54) is 0 Å². The molecule has 0 amide bonds. The molecule has 2 aromatic heterocycles. The first kappa shape index (κ1) is 17.0. The van der Waals surface area contributed by atoms with E-state index in [0.29, 0.717) is 0 Å². The van der Waals surface area contributed by atoms with Crippen LogP contribution in [-0.2, 0) is 13.1 Å². The Labute approximate surface area is 139 Å². The molecule has 0 atom stereocenters. The van der Waals surface area contributed by atoms with Crippen LogP contribution in [-0.4, -0.2) is 67.4 Å². The van der Waals surface area contributed by atoms with Crippen LogP contribution >= 0.6 is 0 Å². The molecule has 0 spiro atoms. The SMILES string of the molecule is CN(CCN(C)Cc1cccc([Si])n1)Cc1cccc([Si])n1. The van der Waals surface area contributed by atoms with Gasteiger partial charge in [-0.15, -0.1) is 0 Å². The second kappa shape index (κ2) is 8.33. The van der Waals surface area contributed by atoms with Crippen LogP contribution in [0.1, 0.15) is 11.4 Å². The molecule has 0 bridgehead atoms. The van der Waals surface area contributed by atoms with Gasteiger partial charge in [-0.25, -0.2) is 0 Å². The Balaban J connectivity index is 1.77. The standard InChI is InChI=1S/C16H20N4Si2/c1-19(11-13-5-3-7-15(21)17-13)9-10-20(2)12-14-6-4-8-16(22)18-14/h3-8H,9-12H2,1-2H3. The Kier molecular flexibility index (Phi) is 6.44. The third-order valence-electron chi connectivity index (χ3n) is 3.34. The van der Waals surface area contributed by atoms with E-state index in [-0.39, 0.29) is 0 Å². The van der Waals surface area contributed by atoms with E-state index in [1.807, 2.05) is 24.3 Å². The first-order valence-corrected chi connectivity index (χ1v) is 8.25. The van der Waals surface area contributed by atoms with Gasteiger partial charge in [-0.05, 0) is 38.4 Å². The zero-order valence-corrected chi connectivity index (χ0v) is 15.1. The van der Waals surface area contributed by atoms with Gasteiger partial charge in [0.1, 0.15) is 0 Å². The quantitative estimate of drug-likeness (QED) is 0.651. The summed E-state index contributed by atoms with van der Waals surface area (Å²) in [6.45, 7) is 3.66. The molecule has 0 unspecified atom stereocenters. The van der Waals surface area contributed by atoms with Crippen molar-refractivity contribution in [3.63, 3.8) is 0 Å². The molecule has 22 heavy (non-hydrogen) atoms. The van der Waals surface area contributed by atoms with Crippen LogP contribution < -0.4 is 10.6 Å². The Bertz CT molecular complexity index is 553. The summed E-state index contributed by atoms with van der Waals surface area (Å²) in [6.07, 6.45) is 0. The maximum atomic E-state index is 4.46. The summed E-state index contributed by atoms with van der Waals surface area (Å²) in [7, 11) is 11.2. The predicted octanol–water partition coefficient (Wildman–Crippen LogP) is -0.372. The molecule has 0 aliphatic heterocycles. The summed E-state index contributed by atoms with van der Waals surface area (Å²) < 4.78 is 0. The normalized spacial score (nSPS) is 11.4. The molecule has 0 fully saturated rings. The molecule has 0 N–H and O–H groups in total. The van der Waals surface area contributed by atoms with Gasteiger partial charge in [0.15, 0.2) is 0 Å². The minimum absolute atomic E-state index is 0.848. The first-order valence-electron chi connectivity index (χ1n) is 7.25. The van der Waals surface area contributed by atoms with Crippen molar-refractivity contribution in [1.29, 1.82) is 0 Å². The molecule has 0 aliphatic carbocycles. The van der Waals surface area contributed by atoms with Crippen LogP contribution in [0.25, 0.3) is 0 Å². The number of hydrogen-bond donors (Lipinski definition) is 0. The predicted molar refractivity (Wildman–Crippen MR) is 91.9 cm³/mol. The van der Waals surface area contributed by atoms with Crippen molar-refractivity contribution in [2.75, 3.05) is 27.2 Å². The summed E-state index contributed by atoms with van der Waals surface area (Å²) in [6, 6.07) is 12.0. The van der Waals surface area contributed by atoms with E-state index in [1.54, 1.807) is 0 Å². The van der Waals surface area contributed by atoms with Gasteiger partial charge in [0, 0.05) is 36.8 Å². The van der Waals surface area contributed by atoms with Crippen molar-refractivity contribution in [1.82, 2.24) is 19.8 Å². The molecule has 0 saturated heterocycles. The topological polar surface area (TPSA) is 32.3 Å². The van der Waals surface area contributed by atoms with Gasteiger partial charge >= 0.3 is 0 Å². The van der Waals surface area contributed by atoms with Crippen molar-refractivity contribution in [2.24, 2.45) is 0 Å². The van der Waals surface area contributed by atoms with Crippen LogP contribution in [0.15, 0.2) is 36.4 Å². The minimum atomic E-state index is 0.848. The van der Waals surface area contributed by atoms with Crippen LogP contribution in [0.5, 0.6) is 0 Å². The lowest BCUT2D eigenvalue weighted by molar-refractivity contribution is 0.244. The fourth-order valence-corrected chi connectivity index (χ4v) is 2.67. The number of rotatable bonds is 7. The van der Waals surface area contributed by atoms with Crippen LogP contribution in [0, 0.1) is 0 Å². The average molecular weight is 325 g/mol. The lowest BCUT2D eigenvalue weighted by Gasteiger charge is -2.21. The van der Waals surface area contributed by atoms with E-state index in [4.69, 9.17) is 0 Å². The number of likely N-dealkylation sites (N-methyl/N-ethyl adjacent to an activating group) is 2. The van der Waals surface area contributed by atoms with Gasteiger partial charge in [0.05, 0.1) is 31.9 Å². The average Bonchev–Trinajstić information content (AvgIpc) is 2.45. The highest BCUT2D eigenvalue weighted by Gasteiger charge is 2.06. The molecule has 2 heterocycles. The van der Waals surface area contributed by atoms with Gasteiger partial charge in [-0.2, -0.15) is 0 Å². The highest BCUT2D eigenvalue weighted by Crippen LogP contribution is 2.00. The highest BCUT2D eigenvalue weighted by atomic mass is 28.1. The van der Waals surface area contributed by atoms with Crippen molar-refractivity contribution in [3.8, 4) is 0 Å². The van der Waals surface area contributed by atoms with E-state index < -0.39 is 0 Å². The summed E-state index contributed by atoms with van der Waals surface area (Å²) in [5.74, 6) is 0. The largest absolute Gasteiger partial charge is 0.299 e. The first-order chi connectivity index (χ1) is 10.5. The summed E-state index contributed by atoms with van der Waals surface area (Å²) in [4.78, 5) is 13.5. The molecular formula is C16H20N4Si2. The smallest absolute Gasteiger partial charge is 0.0995 e. The number of aromatic nitrogens is 2. The number of hydrogen-bond acceptors (Lipinski definition) is 4. The molecule has 0 aromatic carbocycles. The van der Waals surface area contributed by atoms with Crippen LogP contribution in [0.4, 0.5) is 0 Å². The Morgan fingerprint density at radius 1 is 0.773 bits per heavy atom. The van der Waals surface area contributed by atoms with Gasteiger partial charge in [-0.1, -0.05) is 12.1 Å². The lowest BCUT2D eigenvalue weighted by Crippen LogP contribution is -2.31. The van der Waals surface area contributed by atoms with E-state index in [9.17, 15) is 0 Å². The summed E-state index contributed by atoms with van der Waals surface area (Å²) in [5.41, 5.74) is 2.15. The fourth-order valence-electron chi connectivity index (χ4n) is 2.19. The maximum absolute atomic E-state index is 4.46. The summed E-state index contributed by atoms with van der Waals surface area (Å²) >= 11 is 0. The Morgan fingerprint density at radius 2 is 1.18 bits per heavy atom. The maximum Gasteiger partial charge on any atom is 0.0995 e. The van der Waals surface area contributed by atoms with Crippen LogP contribution in [0.3, 0.4) is 0 Å². The van der Waals surface area contributed by atoms with Crippen molar-refractivity contribution in [2.45, 2.75) is 13.1 Å². The third-order valence-corrected chi connectivity index (χ3v) is 3.90. The Hall–Kier alpha value is -1.35. The molecule has 0 saturated carbocycles. The lowest BCUT2D eigenvalue weighted by atomic mass is 10.3. The second-order valence-corrected chi connectivity index (χ2v) is 6.53. The minimum Gasteiger partial charge on any atom is -0.299 e. The molecule has 6 heteroatoms. The van der Waals surface area contributed by atoms with Crippen molar-refractivity contribution in [3.05, 3.63) is 47.8 Å². The highest BCUT2D eigenvalue weighted by molar-refractivity contribution is 6.30. The van der Waals surface area contributed by atoms with E-state index >= 15 is 0 Å². The number of nitrogens with zero attached hydrogens (tertiary/aromatic N) is 4. The zero-order valence-electron chi connectivity index (χ0n) is 13.1. The number of pyridine rings is 2. The molecule has 0 aliphatic rings. The van der Waals surface area contributed by atoms with Gasteiger partial charge in [0.2, 0.25) is 0 Å². The fraction of sp³-hybridized carbons (Fsp3) is 0.375. The van der Waals surface area contributed by atoms with E-state index in [0.717, 1.165) is 48.2 Å². The molecule has 2 rings (SSSR count). The van der Waals surface area contributed by atoms with Crippen molar-refractivity contribution >= 4 is 31.1 Å². The molecule has 112 valence electrons. The van der Waals surface area contributed by atoms with Crippen LogP contribution in [0.2, 0.25) is 0 Å². The second-order valence-electron chi connectivity index (χ2n) is 5.50. The monoisotopic (exact) mass is 324 g/mol. The molecule has 6 radical (unpaired) electrons. The molecular weight excluding hydrogens is 304 g/mol. The Morgan fingerprint density at radius 3 is 1.55 bits per heavy atom. The van der Waals surface area contributed by atoms with Gasteiger partial charge in [-0.3, -0.25) is 19.8 Å². The van der Waals surface area contributed by atoms with Crippen molar-refractivity contribution < 1.29 is 0 Å². The third kappa shape index (κ3) is 5.80. The summed E-state index contributed by atoms with van der Waals surface area (Å²) in [5, 5.41) is 1.76. The molecule has 2 aromatic rings. The molecule has 4 nitrogen and oxygen atoms in total. The van der Waals surface area contributed by atoms with E-state index in [2.05, 4.69) is 66.5 Å².